The van der Waals surface area contributed by atoms with Gasteiger partial charge in [-0.15, -0.1) is 0 Å². The van der Waals surface area contributed by atoms with Crippen molar-refractivity contribution in [3.63, 3.8) is 0 Å². The number of hydrogen-bond acceptors (Lipinski definition) is 3. The average molecular weight is 277 g/mol. The first-order valence-electron chi connectivity index (χ1n) is 6.85. The second-order valence-electron chi connectivity index (χ2n) is 5.16. The topological polar surface area (TPSA) is 86.6 Å². The van der Waals surface area contributed by atoms with Crippen molar-refractivity contribution in [3.05, 3.63) is 35.4 Å². The number of aliphatic hydroxyl groups is 1. The van der Waals surface area contributed by atoms with Crippen molar-refractivity contribution >= 4 is 11.9 Å². The molecule has 0 aromatic heterocycles. The van der Waals surface area contributed by atoms with Crippen LogP contribution in [0.1, 0.15) is 41.6 Å². The summed E-state index contributed by atoms with van der Waals surface area (Å²) in [5, 5.41) is 21.0. The maximum atomic E-state index is 12.1. The summed E-state index contributed by atoms with van der Waals surface area (Å²) in [4.78, 5) is 23.3. The number of rotatable bonds is 4. The number of carbonyl (C=O) groups excluding carboxylic acids is 1. The lowest BCUT2D eigenvalue weighted by molar-refractivity contribution is -0.143. The van der Waals surface area contributed by atoms with E-state index in [1.165, 1.54) is 0 Å². The van der Waals surface area contributed by atoms with Gasteiger partial charge in [-0.05, 0) is 30.5 Å². The van der Waals surface area contributed by atoms with Crippen LogP contribution < -0.4 is 5.32 Å². The molecule has 3 N–H and O–H groups in total. The van der Waals surface area contributed by atoms with Crippen molar-refractivity contribution < 1.29 is 19.8 Å². The van der Waals surface area contributed by atoms with Crippen molar-refractivity contribution in [3.8, 4) is 0 Å². The zero-order valence-electron chi connectivity index (χ0n) is 11.2. The summed E-state index contributed by atoms with van der Waals surface area (Å²) in [6, 6.07) is 6.35. The number of carboxylic acids is 1. The summed E-state index contributed by atoms with van der Waals surface area (Å²) in [6.07, 6.45) is 3.16. The van der Waals surface area contributed by atoms with Gasteiger partial charge in [-0.1, -0.05) is 25.0 Å². The quantitative estimate of drug-likeness (QED) is 0.779. The third-order valence-corrected chi connectivity index (χ3v) is 3.80. The molecule has 0 spiro atoms. The first kappa shape index (κ1) is 14.5. The van der Waals surface area contributed by atoms with Crippen LogP contribution in [0.5, 0.6) is 0 Å². The maximum Gasteiger partial charge on any atom is 0.308 e. The zero-order chi connectivity index (χ0) is 14.5. The number of benzene rings is 1. The van der Waals surface area contributed by atoms with Crippen molar-refractivity contribution in [2.24, 2.45) is 5.92 Å². The molecule has 1 saturated carbocycles. The molecular weight excluding hydrogens is 258 g/mol. The fourth-order valence-corrected chi connectivity index (χ4v) is 2.61. The Morgan fingerprint density at radius 3 is 2.40 bits per heavy atom. The molecule has 5 heteroatoms. The normalized spacial score (nSPS) is 22.2. The third-order valence-electron chi connectivity index (χ3n) is 3.80. The van der Waals surface area contributed by atoms with E-state index in [1.54, 1.807) is 24.3 Å². The van der Waals surface area contributed by atoms with Gasteiger partial charge in [0.25, 0.3) is 5.91 Å². The van der Waals surface area contributed by atoms with Crippen molar-refractivity contribution in [1.82, 2.24) is 5.32 Å². The molecule has 0 aliphatic heterocycles. The van der Waals surface area contributed by atoms with Gasteiger partial charge in [0.15, 0.2) is 0 Å². The summed E-state index contributed by atoms with van der Waals surface area (Å²) in [5.41, 5.74) is 1.22. The first-order chi connectivity index (χ1) is 9.61. The summed E-state index contributed by atoms with van der Waals surface area (Å²) < 4.78 is 0. The fourth-order valence-electron chi connectivity index (χ4n) is 2.61. The number of carboxylic acid groups (broad SMARTS) is 1. The van der Waals surface area contributed by atoms with Crippen LogP contribution in [0, 0.1) is 5.92 Å². The lowest BCUT2D eigenvalue weighted by Crippen LogP contribution is -2.45. The van der Waals surface area contributed by atoms with Gasteiger partial charge >= 0.3 is 5.97 Å². The molecule has 1 aromatic carbocycles. The van der Waals surface area contributed by atoms with E-state index in [0.717, 1.165) is 18.4 Å². The highest BCUT2D eigenvalue weighted by Crippen LogP contribution is 2.25. The number of nitrogens with one attached hydrogen (secondary N) is 1. The van der Waals surface area contributed by atoms with E-state index >= 15 is 0 Å². The molecule has 108 valence electrons. The fraction of sp³-hybridized carbons (Fsp3) is 0.467. The Morgan fingerprint density at radius 2 is 1.80 bits per heavy atom. The molecule has 0 heterocycles. The minimum absolute atomic E-state index is 0.0639. The van der Waals surface area contributed by atoms with Gasteiger partial charge in [-0.3, -0.25) is 9.59 Å². The highest BCUT2D eigenvalue weighted by molar-refractivity contribution is 5.94. The third kappa shape index (κ3) is 3.36. The molecule has 2 atom stereocenters. The Kier molecular flexibility index (Phi) is 4.74. The molecule has 1 aliphatic carbocycles. The van der Waals surface area contributed by atoms with Crippen molar-refractivity contribution in [2.45, 2.75) is 38.3 Å². The van der Waals surface area contributed by atoms with Gasteiger partial charge in [0.05, 0.1) is 12.5 Å². The monoisotopic (exact) mass is 277 g/mol. The Balaban J connectivity index is 2.03. The highest BCUT2D eigenvalue weighted by atomic mass is 16.4. The standard InChI is InChI=1S/C15H19NO4/c17-9-10-5-7-11(8-6-10)14(18)16-13-4-2-1-3-12(13)15(19)20/h5-8,12-13,17H,1-4,9H2,(H,16,18)(H,19,20). The molecule has 1 amide bonds. The summed E-state index contributed by atoms with van der Waals surface area (Å²) in [5.74, 6) is -1.59. The van der Waals surface area contributed by atoms with E-state index in [-0.39, 0.29) is 18.6 Å². The van der Waals surface area contributed by atoms with Gasteiger partial charge < -0.3 is 15.5 Å². The second kappa shape index (κ2) is 6.52. The summed E-state index contributed by atoms with van der Waals surface area (Å²) >= 11 is 0. The van der Waals surface area contributed by atoms with Gasteiger partial charge in [-0.2, -0.15) is 0 Å². The van der Waals surface area contributed by atoms with Crippen LogP contribution in [0.15, 0.2) is 24.3 Å². The Bertz CT molecular complexity index is 483. The predicted octanol–water partition coefficient (Wildman–Crippen LogP) is 1.55. The van der Waals surface area contributed by atoms with Crippen LogP contribution in [0.4, 0.5) is 0 Å². The van der Waals surface area contributed by atoms with Gasteiger partial charge in [0.2, 0.25) is 0 Å². The van der Waals surface area contributed by atoms with E-state index in [2.05, 4.69) is 5.32 Å². The number of amides is 1. The maximum absolute atomic E-state index is 12.1. The van der Waals surface area contributed by atoms with Crippen LogP contribution in [-0.2, 0) is 11.4 Å². The van der Waals surface area contributed by atoms with Crippen LogP contribution in [0.25, 0.3) is 0 Å². The molecule has 0 radical (unpaired) electrons. The van der Waals surface area contributed by atoms with E-state index in [0.29, 0.717) is 18.4 Å². The van der Waals surface area contributed by atoms with E-state index in [4.69, 9.17) is 5.11 Å². The summed E-state index contributed by atoms with van der Waals surface area (Å²) in [7, 11) is 0. The number of hydrogen-bond donors (Lipinski definition) is 3. The van der Waals surface area contributed by atoms with Crippen LogP contribution in [0.2, 0.25) is 0 Å². The Morgan fingerprint density at radius 1 is 1.15 bits per heavy atom. The number of aliphatic hydroxyl groups excluding tert-OH is 1. The van der Waals surface area contributed by atoms with Crippen LogP contribution >= 0.6 is 0 Å². The van der Waals surface area contributed by atoms with Gasteiger partial charge in [0, 0.05) is 11.6 Å². The molecule has 1 aromatic rings. The van der Waals surface area contributed by atoms with E-state index in [1.807, 2.05) is 0 Å². The van der Waals surface area contributed by atoms with Crippen LogP contribution in [0.3, 0.4) is 0 Å². The molecule has 5 nitrogen and oxygen atoms in total. The number of aliphatic carboxylic acids is 1. The SMILES string of the molecule is O=C(NC1CCCCC1C(=O)O)c1ccc(CO)cc1. The molecule has 20 heavy (non-hydrogen) atoms. The van der Waals surface area contributed by atoms with Crippen molar-refractivity contribution in [2.75, 3.05) is 0 Å². The lowest BCUT2D eigenvalue weighted by atomic mass is 9.84. The predicted molar refractivity (Wildman–Crippen MR) is 73.2 cm³/mol. The molecule has 1 fully saturated rings. The average Bonchev–Trinajstić information content (AvgIpc) is 2.47. The Labute approximate surface area is 117 Å². The Hall–Kier alpha value is -1.88. The zero-order valence-corrected chi connectivity index (χ0v) is 11.2. The van der Waals surface area contributed by atoms with Gasteiger partial charge in [-0.25, -0.2) is 0 Å². The molecule has 0 saturated heterocycles. The van der Waals surface area contributed by atoms with E-state index < -0.39 is 11.9 Å². The number of carbonyl (C=O) groups is 2. The van der Waals surface area contributed by atoms with E-state index in [9.17, 15) is 14.7 Å². The lowest BCUT2D eigenvalue weighted by Gasteiger charge is -2.29. The second-order valence-corrected chi connectivity index (χ2v) is 5.16. The minimum Gasteiger partial charge on any atom is -0.481 e. The highest BCUT2D eigenvalue weighted by Gasteiger charge is 2.31. The molecule has 2 rings (SSSR count). The van der Waals surface area contributed by atoms with Crippen molar-refractivity contribution in [1.29, 1.82) is 0 Å². The smallest absolute Gasteiger partial charge is 0.308 e. The molecule has 2 unspecified atom stereocenters. The molecular formula is C15H19NO4. The largest absolute Gasteiger partial charge is 0.481 e. The minimum atomic E-state index is -0.842. The first-order valence-corrected chi connectivity index (χ1v) is 6.85. The van der Waals surface area contributed by atoms with Gasteiger partial charge in [0.1, 0.15) is 0 Å². The molecule has 1 aliphatic rings. The molecule has 0 bridgehead atoms. The summed E-state index contributed by atoms with van der Waals surface area (Å²) in [6.45, 7) is -0.0639. The van der Waals surface area contributed by atoms with Crippen LogP contribution in [-0.4, -0.2) is 28.1 Å².